The van der Waals surface area contributed by atoms with Crippen molar-refractivity contribution in [1.82, 2.24) is 9.97 Å². The molecular weight excluding hydrogens is 453 g/mol. The number of para-hydroxylation sites is 1. The predicted octanol–water partition coefficient (Wildman–Crippen LogP) is 5.50. The van der Waals surface area contributed by atoms with Crippen LogP contribution in [-0.2, 0) is 0 Å². The van der Waals surface area contributed by atoms with Crippen molar-refractivity contribution in [3.05, 3.63) is 93.8 Å². The number of nitrogens with zero attached hydrogens (tertiary/aromatic N) is 2. The number of benzene rings is 3. The molecule has 5 aromatic rings. The summed E-state index contributed by atoms with van der Waals surface area (Å²) < 4.78 is 19.3. The molecule has 0 saturated heterocycles. The van der Waals surface area contributed by atoms with Crippen LogP contribution < -0.4 is 15.4 Å². The zero-order valence-corrected chi connectivity index (χ0v) is 18.7. The Hall–Kier alpha value is -4.16. The lowest BCUT2D eigenvalue weighted by atomic mass is 10.0. The van der Waals surface area contributed by atoms with Crippen molar-refractivity contribution in [2.75, 3.05) is 7.11 Å². The smallest absolute Gasteiger partial charge is 0.196 e. The van der Waals surface area contributed by atoms with Gasteiger partial charge in [0.05, 0.1) is 34.7 Å². The van der Waals surface area contributed by atoms with Crippen molar-refractivity contribution in [1.29, 1.82) is 0 Å². The fraction of sp³-hybridized carbons (Fsp3) is 0.0370. The number of ether oxygens (including phenoxy) is 1. The molecule has 5 nitrogen and oxygen atoms in total. The Balaban J connectivity index is 1.65. The molecule has 0 unspecified atom stereocenters. The van der Waals surface area contributed by atoms with Crippen molar-refractivity contribution in [2.24, 2.45) is 4.99 Å². The van der Waals surface area contributed by atoms with Gasteiger partial charge in [-0.3, -0.25) is 0 Å². The van der Waals surface area contributed by atoms with Gasteiger partial charge in [-0.1, -0.05) is 35.9 Å². The normalized spacial score (nSPS) is 12.5. The molecule has 6 rings (SSSR count). The molecule has 7 heteroatoms. The number of aromatic nitrogens is 2. The third-order valence-corrected chi connectivity index (χ3v) is 6.17. The van der Waals surface area contributed by atoms with Gasteiger partial charge in [-0.2, -0.15) is 0 Å². The first-order chi connectivity index (χ1) is 16.5. The maximum absolute atomic E-state index is 14.1. The third kappa shape index (κ3) is 3.23. The highest BCUT2D eigenvalue weighted by Crippen LogP contribution is 2.34. The van der Waals surface area contributed by atoms with Gasteiger partial charge in [0.1, 0.15) is 0 Å². The summed E-state index contributed by atoms with van der Waals surface area (Å²) in [6.45, 7) is 0. The lowest BCUT2D eigenvalue weighted by molar-refractivity contribution is 0.387. The van der Waals surface area contributed by atoms with E-state index in [1.54, 1.807) is 24.3 Å². The maximum Gasteiger partial charge on any atom is 0.196 e. The fourth-order valence-corrected chi connectivity index (χ4v) is 4.52. The minimum absolute atomic E-state index is 0.0228. The Morgan fingerprint density at radius 1 is 1.03 bits per heavy atom. The number of fused-ring (bicyclic) bond motifs is 4. The lowest BCUT2D eigenvalue weighted by Gasteiger charge is -2.07. The highest BCUT2D eigenvalue weighted by Gasteiger charge is 2.19. The summed E-state index contributed by atoms with van der Waals surface area (Å²) in [7, 11) is 1.43. The number of aromatic hydroxyl groups is 1. The van der Waals surface area contributed by atoms with E-state index >= 15 is 0 Å². The first kappa shape index (κ1) is 20.4. The Bertz CT molecular complexity index is 1740. The van der Waals surface area contributed by atoms with Crippen LogP contribution in [0.25, 0.3) is 39.4 Å². The third-order valence-electron chi connectivity index (χ3n) is 5.94. The van der Waals surface area contributed by atoms with Gasteiger partial charge in [-0.05, 0) is 48.5 Å². The van der Waals surface area contributed by atoms with Gasteiger partial charge >= 0.3 is 0 Å². The van der Waals surface area contributed by atoms with E-state index in [9.17, 15) is 9.50 Å². The molecule has 2 aromatic heterocycles. The second-order valence-electron chi connectivity index (χ2n) is 7.99. The van der Waals surface area contributed by atoms with Crippen molar-refractivity contribution >= 4 is 34.3 Å². The minimum atomic E-state index is -0.451. The molecule has 0 radical (unpaired) electrons. The quantitative estimate of drug-likeness (QED) is 0.359. The summed E-state index contributed by atoms with van der Waals surface area (Å²) in [5.41, 5.74) is 5.34. The van der Waals surface area contributed by atoms with E-state index in [-0.39, 0.29) is 11.6 Å². The lowest BCUT2D eigenvalue weighted by Crippen LogP contribution is -2.19. The number of hydrogen-bond acceptors (Lipinski definition) is 4. The monoisotopic (exact) mass is 469 g/mol. The second kappa shape index (κ2) is 7.71. The molecule has 1 aliphatic rings. The molecule has 34 heavy (non-hydrogen) atoms. The second-order valence-corrected chi connectivity index (χ2v) is 8.43. The summed E-state index contributed by atoms with van der Waals surface area (Å²) in [5, 5.41) is 13.3. The molecule has 1 aliphatic heterocycles. The highest BCUT2D eigenvalue weighted by atomic mass is 35.5. The molecule has 0 bridgehead atoms. The first-order valence-electron chi connectivity index (χ1n) is 10.6. The molecule has 2 N–H and O–H groups in total. The Kier molecular flexibility index (Phi) is 4.64. The first-order valence-corrected chi connectivity index (χ1v) is 10.9. The number of pyridine rings is 1. The molecule has 3 heterocycles. The van der Waals surface area contributed by atoms with E-state index in [1.807, 2.05) is 42.5 Å². The maximum atomic E-state index is 14.1. The zero-order valence-electron chi connectivity index (χ0n) is 17.9. The number of H-pyrrole nitrogens is 1. The van der Waals surface area contributed by atoms with E-state index in [0.29, 0.717) is 32.5 Å². The van der Waals surface area contributed by atoms with Crippen molar-refractivity contribution in [3.8, 4) is 34.0 Å². The van der Waals surface area contributed by atoms with Crippen molar-refractivity contribution in [3.63, 3.8) is 0 Å². The summed E-state index contributed by atoms with van der Waals surface area (Å²) in [5.74, 6) is -0.299. The summed E-state index contributed by atoms with van der Waals surface area (Å²) in [6, 6.07) is 19.8. The minimum Gasteiger partial charge on any atom is -0.494 e. The van der Waals surface area contributed by atoms with Crippen LogP contribution in [-0.4, -0.2) is 22.2 Å². The average Bonchev–Trinajstić information content (AvgIpc) is 3.36. The number of nitrogens with one attached hydrogen (secondary N) is 1. The predicted molar refractivity (Wildman–Crippen MR) is 131 cm³/mol. The van der Waals surface area contributed by atoms with Gasteiger partial charge in [0.15, 0.2) is 17.4 Å². The number of aromatic amines is 1. The zero-order chi connectivity index (χ0) is 23.4. The summed E-state index contributed by atoms with van der Waals surface area (Å²) >= 11 is 6.11. The standard InChI is InChI=1S/C27H17ClFN3O2/c1-34-24-10-14(6-9-21(24)29)25-26-19(17-4-2-3-5-22(17)31-26)12-16(30-25)13-20-18-8-7-15(28)11-23(18)32-27(20)33/h2-13,32-33H,1H3/b16-13-. The van der Waals surface area contributed by atoms with E-state index in [1.165, 1.54) is 13.2 Å². The van der Waals surface area contributed by atoms with Gasteiger partial charge in [0, 0.05) is 32.7 Å². The van der Waals surface area contributed by atoms with Crippen LogP contribution in [0.15, 0.2) is 71.7 Å². The van der Waals surface area contributed by atoms with Crippen molar-refractivity contribution in [2.45, 2.75) is 0 Å². The molecule has 0 fully saturated rings. The van der Waals surface area contributed by atoms with Crippen molar-refractivity contribution < 1.29 is 14.2 Å². The molecule has 166 valence electrons. The summed E-state index contributed by atoms with van der Waals surface area (Å²) in [6.07, 6.45) is 1.81. The van der Waals surface area contributed by atoms with Crippen LogP contribution in [0.2, 0.25) is 5.02 Å². The molecule has 0 amide bonds. The van der Waals surface area contributed by atoms with Gasteiger partial charge in [0.25, 0.3) is 0 Å². The van der Waals surface area contributed by atoms with Gasteiger partial charge < -0.3 is 14.8 Å². The fourth-order valence-electron chi connectivity index (χ4n) is 4.35. The summed E-state index contributed by atoms with van der Waals surface area (Å²) in [4.78, 5) is 12.6. The Labute approximate surface area is 198 Å². The van der Waals surface area contributed by atoms with Crippen LogP contribution >= 0.6 is 11.6 Å². The van der Waals surface area contributed by atoms with E-state index in [2.05, 4.69) is 4.98 Å². The van der Waals surface area contributed by atoms with Crippen LogP contribution in [0.5, 0.6) is 11.6 Å². The van der Waals surface area contributed by atoms with Gasteiger partial charge in [-0.25, -0.2) is 14.4 Å². The molecule has 3 aromatic carbocycles. The topological polar surface area (TPSA) is 70.5 Å². The number of rotatable bonds is 3. The molecular formula is C27H17ClFN3O2. The Morgan fingerprint density at radius 2 is 1.88 bits per heavy atom. The number of hydrogen-bond donors (Lipinski definition) is 2. The highest BCUT2D eigenvalue weighted by molar-refractivity contribution is 6.31. The van der Waals surface area contributed by atoms with Gasteiger partial charge in [0.2, 0.25) is 0 Å². The average molecular weight is 470 g/mol. The van der Waals surface area contributed by atoms with Crippen LogP contribution in [0.1, 0.15) is 5.56 Å². The molecule has 0 aliphatic carbocycles. The van der Waals surface area contributed by atoms with E-state index < -0.39 is 5.82 Å². The van der Waals surface area contributed by atoms with E-state index in [4.69, 9.17) is 26.3 Å². The largest absolute Gasteiger partial charge is 0.494 e. The molecule has 0 atom stereocenters. The van der Waals surface area contributed by atoms with Gasteiger partial charge in [-0.15, -0.1) is 0 Å². The number of methoxy groups -OCH3 is 1. The van der Waals surface area contributed by atoms with Crippen LogP contribution in [0, 0.1) is 5.82 Å². The van der Waals surface area contributed by atoms with E-state index in [0.717, 1.165) is 27.7 Å². The Morgan fingerprint density at radius 3 is 2.74 bits per heavy atom. The van der Waals surface area contributed by atoms with Crippen LogP contribution in [0.4, 0.5) is 10.1 Å². The molecule has 0 spiro atoms. The SMILES string of the molecule is COc1cc(-c2n/c(=C\c3c(O)[nH]c4cc(Cl)ccc34)cc3c2=Nc2ccccc2-3)ccc1F. The van der Waals surface area contributed by atoms with Crippen LogP contribution in [0.3, 0.4) is 0 Å². The molecule has 0 saturated carbocycles. The number of halogens is 2.